The molecule has 1 fully saturated rings. The van der Waals surface area contributed by atoms with E-state index in [2.05, 4.69) is 21.2 Å². The molecule has 1 amide bonds. The van der Waals surface area contributed by atoms with Gasteiger partial charge in [0.05, 0.1) is 0 Å². The third-order valence-electron chi connectivity index (χ3n) is 4.01. The Morgan fingerprint density at radius 2 is 2.13 bits per heavy atom. The number of hydrogen-bond acceptors (Lipinski definition) is 3. The van der Waals surface area contributed by atoms with Crippen LogP contribution in [0.3, 0.4) is 0 Å². The van der Waals surface area contributed by atoms with E-state index in [1.165, 1.54) is 12.1 Å². The summed E-state index contributed by atoms with van der Waals surface area (Å²) in [6, 6.07) is 4.54. The summed E-state index contributed by atoms with van der Waals surface area (Å²) in [5.74, 6) is 0.254. The molecule has 0 unspecified atom stereocenters. The van der Waals surface area contributed by atoms with Gasteiger partial charge in [0, 0.05) is 17.6 Å². The number of carbonyl (C=O) groups is 1. The highest BCUT2D eigenvalue weighted by Gasteiger charge is 2.22. The normalized spacial score (nSPS) is 15.2. The molecule has 0 spiro atoms. The average Bonchev–Trinajstić information content (AvgIpc) is 2.52. The third kappa shape index (κ3) is 6.28. The Bertz CT molecular complexity index is 511. The molecule has 1 heterocycles. The molecular formula is C16H23BrClFN2O2. The van der Waals surface area contributed by atoms with Crippen LogP contribution < -0.4 is 10.1 Å². The van der Waals surface area contributed by atoms with E-state index in [9.17, 15) is 9.18 Å². The van der Waals surface area contributed by atoms with E-state index in [0.717, 1.165) is 38.9 Å². The number of amides is 1. The van der Waals surface area contributed by atoms with Gasteiger partial charge in [-0.1, -0.05) is 15.9 Å². The molecule has 0 bridgehead atoms. The fourth-order valence-corrected chi connectivity index (χ4v) is 2.98. The zero-order valence-corrected chi connectivity index (χ0v) is 15.6. The van der Waals surface area contributed by atoms with E-state index in [4.69, 9.17) is 4.74 Å². The fourth-order valence-electron chi connectivity index (χ4n) is 2.64. The molecule has 1 aliphatic rings. The zero-order valence-electron chi connectivity index (χ0n) is 13.2. The largest absolute Gasteiger partial charge is 0.481 e. The molecule has 1 N–H and O–H groups in total. The van der Waals surface area contributed by atoms with Gasteiger partial charge in [0.1, 0.15) is 0 Å². The summed E-state index contributed by atoms with van der Waals surface area (Å²) < 4.78 is 19.6. The van der Waals surface area contributed by atoms with Crippen molar-refractivity contribution >= 4 is 34.2 Å². The summed E-state index contributed by atoms with van der Waals surface area (Å²) in [7, 11) is 1.96. The number of nitrogens with zero attached hydrogens (tertiary/aromatic N) is 1. The number of piperidine rings is 1. The Morgan fingerprint density at radius 1 is 1.43 bits per heavy atom. The van der Waals surface area contributed by atoms with Crippen molar-refractivity contribution in [3.05, 3.63) is 28.5 Å². The Hall–Kier alpha value is -0.850. The van der Waals surface area contributed by atoms with Gasteiger partial charge in [0.2, 0.25) is 0 Å². The van der Waals surface area contributed by atoms with Crippen molar-refractivity contribution < 1.29 is 13.9 Å². The first-order valence-electron chi connectivity index (χ1n) is 7.60. The molecule has 0 aliphatic carbocycles. The quantitative estimate of drug-likeness (QED) is 0.784. The van der Waals surface area contributed by atoms with Gasteiger partial charge < -0.3 is 15.0 Å². The summed E-state index contributed by atoms with van der Waals surface area (Å²) in [6.07, 6.45) is 3.21. The molecule has 1 aromatic carbocycles. The maximum Gasteiger partial charge on any atom is 0.260 e. The minimum absolute atomic E-state index is 0. The number of halogens is 3. The first-order chi connectivity index (χ1) is 10.6. The molecule has 0 aromatic heterocycles. The number of benzene rings is 1. The first-order valence-corrected chi connectivity index (χ1v) is 8.39. The van der Waals surface area contributed by atoms with Crippen LogP contribution in [0.5, 0.6) is 5.75 Å². The Morgan fingerprint density at radius 3 is 2.74 bits per heavy atom. The van der Waals surface area contributed by atoms with Crippen LogP contribution in [0.15, 0.2) is 22.7 Å². The van der Waals surface area contributed by atoms with Gasteiger partial charge in [-0.25, -0.2) is 4.39 Å². The fraction of sp³-hybridized carbons (Fsp3) is 0.562. The second-order valence-corrected chi connectivity index (χ2v) is 6.50. The number of ether oxygens (including phenoxy) is 1. The van der Waals surface area contributed by atoms with Crippen LogP contribution in [0, 0.1) is 11.7 Å². The number of rotatable bonds is 6. The number of hydrogen-bond donors (Lipinski definition) is 1. The number of likely N-dealkylation sites (tertiary alicyclic amines) is 1. The summed E-state index contributed by atoms with van der Waals surface area (Å²) >= 11 is 3.19. The van der Waals surface area contributed by atoms with E-state index in [1.807, 2.05) is 11.9 Å². The first kappa shape index (κ1) is 20.2. The smallest absolute Gasteiger partial charge is 0.260 e. The summed E-state index contributed by atoms with van der Waals surface area (Å²) in [5.41, 5.74) is 0. The van der Waals surface area contributed by atoms with Crippen LogP contribution in [0.25, 0.3) is 0 Å². The predicted molar refractivity (Wildman–Crippen MR) is 94.7 cm³/mol. The van der Waals surface area contributed by atoms with Crippen LogP contribution in [0.4, 0.5) is 4.39 Å². The monoisotopic (exact) mass is 408 g/mol. The van der Waals surface area contributed by atoms with Crippen molar-refractivity contribution in [1.29, 1.82) is 0 Å². The molecule has 4 nitrogen and oxygen atoms in total. The molecule has 1 saturated heterocycles. The van der Waals surface area contributed by atoms with Crippen LogP contribution >= 0.6 is 28.3 Å². The van der Waals surface area contributed by atoms with Gasteiger partial charge in [-0.3, -0.25) is 4.79 Å². The number of nitrogens with one attached hydrogen (secondary N) is 1. The lowest BCUT2D eigenvalue weighted by molar-refractivity contribution is -0.134. The van der Waals surface area contributed by atoms with E-state index in [1.54, 1.807) is 6.07 Å². The highest BCUT2D eigenvalue weighted by Crippen LogP contribution is 2.22. The second-order valence-electron chi connectivity index (χ2n) is 5.58. The van der Waals surface area contributed by atoms with Crippen LogP contribution in [-0.4, -0.2) is 44.1 Å². The maximum atomic E-state index is 13.6. The van der Waals surface area contributed by atoms with Crippen LogP contribution in [0.1, 0.15) is 19.3 Å². The van der Waals surface area contributed by atoms with Gasteiger partial charge in [-0.05, 0) is 57.0 Å². The Balaban J connectivity index is 0.00000264. The molecule has 0 saturated carbocycles. The maximum absolute atomic E-state index is 13.6. The van der Waals surface area contributed by atoms with Crippen LogP contribution in [0.2, 0.25) is 0 Å². The average molecular weight is 410 g/mol. The molecular weight excluding hydrogens is 387 g/mol. The topological polar surface area (TPSA) is 41.6 Å². The van der Waals surface area contributed by atoms with Gasteiger partial charge >= 0.3 is 0 Å². The van der Waals surface area contributed by atoms with Crippen molar-refractivity contribution in [2.75, 3.05) is 33.3 Å². The summed E-state index contributed by atoms with van der Waals surface area (Å²) in [6.45, 7) is 2.43. The standard InChI is InChI=1S/C16H22BrFN2O2.ClH/c1-19-7-4-12-5-8-20(9-6-12)16(21)11-22-15-3-2-13(17)10-14(15)18;/h2-3,10,12,19H,4-9,11H2,1H3;1H. The van der Waals surface area contributed by atoms with Gasteiger partial charge in [-0.15, -0.1) is 12.4 Å². The highest BCUT2D eigenvalue weighted by molar-refractivity contribution is 9.10. The van der Waals surface area contributed by atoms with Crippen molar-refractivity contribution in [2.45, 2.75) is 19.3 Å². The SMILES string of the molecule is CNCCC1CCN(C(=O)COc2ccc(Br)cc2F)CC1.Cl. The Labute approximate surface area is 151 Å². The summed E-state index contributed by atoms with van der Waals surface area (Å²) in [5, 5.41) is 3.16. The molecule has 0 atom stereocenters. The molecule has 7 heteroatoms. The minimum atomic E-state index is -0.465. The second kappa shape index (κ2) is 10.1. The highest BCUT2D eigenvalue weighted by atomic mass is 79.9. The van der Waals surface area contributed by atoms with Gasteiger partial charge in [-0.2, -0.15) is 0 Å². The van der Waals surface area contributed by atoms with Crippen molar-refractivity contribution in [2.24, 2.45) is 5.92 Å². The molecule has 130 valence electrons. The van der Waals surface area contributed by atoms with E-state index in [-0.39, 0.29) is 30.7 Å². The minimum Gasteiger partial charge on any atom is -0.481 e. The third-order valence-corrected chi connectivity index (χ3v) is 4.51. The van der Waals surface area contributed by atoms with Crippen molar-refractivity contribution in [3.63, 3.8) is 0 Å². The van der Waals surface area contributed by atoms with E-state index >= 15 is 0 Å². The predicted octanol–water partition coefficient (Wildman–Crippen LogP) is 3.24. The lowest BCUT2D eigenvalue weighted by atomic mass is 9.93. The zero-order chi connectivity index (χ0) is 15.9. The number of carbonyl (C=O) groups excluding carboxylic acids is 1. The van der Waals surface area contributed by atoms with Gasteiger partial charge in [0.15, 0.2) is 18.2 Å². The Kier molecular flexibility index (Phi) is 8.87. The van der Waals surface area contributed by atoms with Crippen molar-refractivity contribution in [3.8, 4) is 5.75 Å². The molecule has 23 heavy (non-hydrogen) atoms. The van der Waals surface area contributed by atoms with Crippen molar-refractivity contribution in [1.82, 2.24) is 10.2 Å². The van der Waals surface area contributed by atoms with E-state index in [0.29, 0.717) is 10.4 Å². The van der Waals surface area contributed by atoms with Gasteiger partial charge in [0.25, 0.3) is 5.91 Å². The lowest BCUT2D eigenvalue weighted by Gasteiger charge is -2.32. The van der Waals surface area contributed by atoms with Crippen LogP contribution in [-0.2, 0) is 4.79 Å². The summed E-state index contributed by atoms with van der Waals surface area (Å²) in [4.78, 5) is 13.9. The van der Waals surface area contributed by atoms with E-state index < -0.39 is 5.82 Å². The molecule has 1 aliphatic heterocycles. The lowest BCUT2D eigenvalue weighted by Crippen LogP contribution is -2.41. The molecule has 0 radical (unpaired) electrons. The molecule has 2 rings (SSSR count). The molecule has 1 aromatic rings.